The standard InChI is InChI=1S/C17H13Cl2NO5S/c1-10(21)15(22)9-16(23)11-4-2-5-12(8-11)20-26(24,25)17-13(18)6-3-7-14(17)19/h2-9,20,23H,1H3/b16-9-. The van der Waals surface area contributed by atoms with Gasteiger partial charge in [0.2, 0.25) is 5.78 Å². The molecule has 2 N–H and O–H groups in total. The van der Waals surface area contributed by atoms with Crippen molar-refractivity contribution < 1.29 is 23.1 Å². The van der Waals surface area contributed by atoms with Gasteiger partial charge in [-0.3, -0.25) is 14.3 Å². The molecule has 0 aliphatic heterocycles. The van der Waals surface area contributed by atoms with Crippen LogP contribution in [-0.4, -0.2) is 25.1 Å². The largest absolute Gasteiger partial charge is 0.507 e. The van der Waals surface area contributed by atoms with Gasteiger partial charge in [0.15, 0.2) is 5.78 Å². The van der Waals surface area contributed by atoms with E-state index in [1.54, 1.807) is 0 Å². The Morgan fingerprint density at radius 3 is 2.23 bits per heavy atom. The molecule has 0 unspecified atom stereocenters. The van der Waals surface area contributed by atoms with Gasteiger partial charge >= 0.3 is 0 Å². The molecule has 0 aliphatic rings. The normalized spacial score (nSPS) is 11.9. The number of Topliss-reactive ketones (excluding diaryl/α,β-unsaturated/α-hetero) is 1. The molecular formula is C17H13Cl2NO5S. The molecule has 0 saturated heterocycles. The molecular weight excluding hydrogens is 401 g/mol. The highest BCUT2D eigenvalue weighted by Crippen LogP contribution is 2.30. The van der Waals surface area contributed by atoms with Gasteiger partial charge in [-0.2, -0.15) is 0 Å². The van der Waals surface area contributed by atoms with Crippen molar-refractivity contribution in [2.24, 2.45) is 0 Å². The van der Waals surface area contributed by atoms with Gasteiger partial charge in [0.05, 0.1) is 10.0 Å². The molecule has 136 valence electrons. The molecule has 0 fully saturated rings. The van der Waals surface area contributed by atoms with Crippen LogP contribution < -0.4 is 4.72 Å². The Morgan fingerprint density at radius 2 is 1.65 bits per heavy atom. The predicted octanol–water partition coefficient (Wildman–Crippen LogP) is 3.85. The maximum absolute atomic E-state index is 12.5. The minimum atomic E-state index is -4.09. The van der Waals surface area contributed by atoms with Crippen LogP contribution in [0.4, 0.5) is 5.69 Å². The van der Waals surface area contributed by atoms with Crippen LogP contribution in [0.15, 0.2) is 53.4 Å². The highest BCUT2D eigenvalue weighted by Gasteiger charge is 2.22. The van der Waals surface area contributed by atoms with E-state index >= 15 is 0 Å². The molecule has 0 spiro atoms. The summed E-state index contributed by atoms with van der Waals surface area (Å²) in [5, 5.41) is 9.85. The molecule has 0 saturated carbocycles. The monoisotopic (exact) mass is 413 g/mol. The van der Waals surface area contributed by atoms with E-state index in [0.717, 1.165) is 13.0 Å². The van der Waals surface area contributed by atoms with Gasteiger partial charge in [-0.05, 0) is 24.3 Å². The number of rotatable bonds is 6. The minimum absolute atomic E-state index is 0.0454. The Kier molecular flexibility index (Phi) is 6.07. The lowest BCUT2D eigenvalue weighted by atomic mass is 10.1. The zero-order valence-corrected chi connectivity index (χ0v) is 15.7. The fraction of sp³-hybridized carbons (Fsp3) is 0.0588. The maximum Gasteiger partial charge on any atom is 0.264 e. The molecule has 2 aromatic carbocycles. The fourth-order valence-corrected chi connectivity index (χ4v) is 4.19. The van der Waals surface area contributed by atoms with Crippen molar-refractivity contribution in [3.05, 3.63) is 64.1 Å². The topological polar surface area (TPSA) is 101 Å². The van der Waals surface area contributed by atoms with Crippen LogP contribution in [0.5, 0.6) is 0 Å². The van der Waals surface area contributed by atoms with Gasteiger partial charge in [0.1, 0.15) is 10.7 Å². The third-order valence-electron chi connectivity index (χ3n) is 3.21. The summed E-state index contributed by atoms with van der Waals surface area (Å²) in [5.41, 5.74) is 0.249. The Labute approximate surface area is 160 Å². The smallest absolute Gasteiger partial charge is 0.264 e. The van der Waals surface area contributed by atoms with Gasteiger partial charge in [0, 0.05) is 24.3 Å². The van der Waals surface area contributed by atoms with Gasteiger partial charge < -0.3 is 5.11 Å². The quantitative estimate of drug-likeness (QED) is 0.425. The Morgan fingerprint density at radius 1 is 1.08 bits per heavy atom. The average molecular weight is 414 g/mol. The molecule has 6 nitrogen and oxygen atoms in total. The van der Waals surface area contributed by atoms with Crippen LogP contribution in [0.1, 0.15) is 12.5 Å². The summed E-state index contributed by atoms with van der Waals surface area (Å²) in [6.07, 6.45) is 0.765. The number of hydrogen-bond acceptors (Lipinski definition) is 5. The molecule has 2 aromatic rings. The van der Waals surface area contributed by atoms with E-state index in [9.17, 15) is 23.1 Å². The summed E-state index contributed by atoms with van der Waals surface area (Å²) >= 11 is 11.9. The van der Waals surface area contributed by atoms with Crippen LogP contribution in [-0.2, 0) is 19.6 Å². The van der Waals surface area contributed by atoms with Gasteiger partial charge in [-0.1, -0.05) is 41.4 Å². The first kappa shape index (κ1) is 20.0. The second kappa shape index (κ2) is 7.90. The number of allylic oxidation sites excluding steroid dienone is 1. The molecule has 0 heterocycles. The van der Waals surface area contributed by atoms with E-state index in [1.807, 2.05) is 0 Å². The number of carbonyl (C=O) groups is 2. The number of nitrogens with one attached hydrogen (secondary N) is 1. The Bertz CT molecular complexity index is 995. The zero-order valence-electron chi connectivity index (χ0n) is 13.4. The number of sulfonamides is 1. The second-order valence-corrected chi connectivity index (χ2v) is 7.62. The van der Waals surface area contributed by atoms with E-state index in [2.05, 4.69) is 4.72 Å². The number of carbonyl (C=O) groups excluding carboxylic acids is 2. The van der Waals surface area contributed by atoms with E-state index < -0.39 is 27.3 Å². The fourth-order valence-electron chi connectivity index (χ4n) is 2.00. The summed E-state index contributed by atoms with van der Waals surface area (Å²) in [5.74, 6) is -2.08. The molecule has 0 amide bonds. The molecule has 0 radical (unpaired) electrons. The average Bonchev–Trinajstić information content (AvgIpc) is 2.54. The summed E-state index contributed by atoms with van der Waals surface area (Å²) in [7, 11) is -4.09. The van der Waals surface area contributed by atoms with Crippen molar-refractivity contribution in [1.82, 2.24) is 0 Å². The zero-order chi connectivity index (χ0) is 19.5. The summed E-state index contributed by atoms with van der Waals surface area (Å²) in [6.45, 7) is 1.07. The Balaban J connectivity index is 2.37. The van der Waals surface area contributed by atoms with Crippen LogP contribution in [0.2, 0.25) is 10.0 Å². The first-order chi connectivity index (χ1) is 12.1. The van der Waals surface area contributed by atoms with Crippen molar-refractivity contribution in [3.8, 4) is 0 Å². The third kappa shape index (κ3) is 4.63. The van der Waals surface area contributed by atoms with Crippen molar-refractivity contribution in [2.45, 2.75) is 11.8 Å². The lowest BCUT2D eigenvalue weighted by Gasteiger charge is -2.12. The number of ketones is 2. The summed E-state index contributed by atoms with van der Waals surface area (Å²) < 4.78 is 27.4. The first-order valence-electron chi connectivity index (χ1n) is 7.14. The molecule has 0 atom stereocenters. The van der Waals surface area contributed by atoms with Crippen molar-refractivity contribution in [1.29, 1.82) is 0 Å². The first-order valence-corrected chi connectivity index (χ1v) is 9.38. The van der Waals surface area contributed by atoms with Crippen LogP contribution in [0, 0.1) is 0 Å². The van der Waals surface area contributed by atoms with Crippen LogP contribution >= 0.6 is 23.2 Å². The van der Waals surface area contributed by atoms with Crippen molar-refractivity contribution in [3.63, 3.8) is 0 Å². The number of halogens is 2. The molecule has 0 aliphatic carbocycles. The van der Waals surface area contributed by atoms with E-state index in [1.165, 1.54) is 42.5 Å². The van der Waals surface area contributed by atoms with Crippen LogP contribution in [0.25, 0.3) is 5.76 Å². The van der Waals surface area contributed by atoms with Gasteiger partial charge in [-0.15, -0.1) is 0 Å². The van der Waals surface area contributed by atoms with Gasteiger partial charge in [0.25, 0.3) is 10.0 Å². The van der Waals surface area contributed by atoms with E-state index in [0.29, 0.717) is 0 Å². The van der Waals surface area contributed by atoms with Gasteiger partial charge in [-0.25, -0.2) is 8.42 Å². The van der Waals surface area contributed by atoms with Crippen LogP contribution in [0.3, 0.4) is 0 Å². The van der Waals surface area contributed by atoms with Crippen molar-refractivity contribution in [2.75, 3.05) is 4.72 Å². The molecule has 2 rings (SSSR count). The highest BCUT2D eigenvalue weighted by atomic mass is 35.5. The number of anilines is 1. The number of aliphatic hydroxyl groups excluding tert-OH is 1. The predicted molar refractivity (Wildman–Crippen MR) is 100 cm³/mol. The lowest BCUT2D eigenvalue weighted by molar-refractivity contribution is -0.132. The molecule has 9 heteroatoms. The SMILES string of the molecule is CC(=O)C(=O)/C=C(\O)c1cccc(NS(=O)(=O)c2c(Cl)cccc2Cl)c1. The third-order valence-corrected chi connectivity index (χ3v) is 5.55. The summed E-state index contributed by atoms with van der Waals surface area (Å²) in [4.78, 5) is 22.1. The maximum atomic E-state index is 12.5. The number of benzene rings is 2. The van der Waals surface area contributed by atoms with E-state index in [4.69, 9.17) is 23.2 Å². The van der Waals surface area contributed by atoms with E-state index in [-0.39, 0.29) is 26.2 Å². The highest BCUT2D eigenvalue weighted by molar-refractivity contribution is 7.93. The second-order valence-electron chi connectivity index (χ2n) is 5.19. The number of hydrogen-bond donors (Lipinski definition) is 2. The number of aliphatic hydroxyl groups is 1. The molecule has 0 bridgehead atoms. The Hall–Kier alpha value is -2.35. The molecule has 0 aromatic heterocycles. The summed E-state index contributed by atoms with van der Waals surface area (Å²) in [6, 6.07) is 9.93. The van der Waals surface area contributed by atoms with Crippen molar-refractivity contribution >= 4 is 56.2 Å². The lowest BCUT2D eigenvalue weighted by Crippen LogP contribution is -2.14. The molecule has 26 heavy (non-hydrogen) atoms. The minimum Gasteiger partial charge on any atom is -0.507 e.